The van der Waals surface area contributed by atoms with Crippen molar-refractivity contribution < 1.29 is 4.79 Å². The fraction of sp³-hybridized carbons (Fsp3) is 0.300. The van der Waals surface area contributed by atoms with Gasteiger partial charge in [0.25, 0.3) is 0 Å². The van der Waals surface area contributed by atoms with Gasteiger partial charge in [0, 0.05) is 19.7 Å². The lowest BCUT2D eigenvalue weighted by molar-refractivity contribution is -0.129. The molecule has 0 aliphatic heterocycles. The van der Waals surface area contributed by atoms with E-state index in [0.717, 1.165) is 5.69 Å². The summed E-state index contributed by atoms with van der Waals surface area (Å²) in [6, 6.07) is 5.66. The van der Waals surface area contributed by atoms with Gasteiger partial charge in [-0.05, 0) is 19.1 Å². The first kappa shape index (κ1) is 9.71. The molecule has 1 radical (unpaired) electrons. The molecule has 0 saturated carbocycles. The molecule has 3 nitrogen and oxygen atoms in total. The van der Waals surface area contributed by atoms with Crippen molar-refractivity contribution in [3.05, 3.63) is 37.0 Å². The van der Waals surface area contributed by atoms with E-state index < -0.39 is 0 Å². The fourth-order valence-electron chi connectivity index (χ4n) is 1.01. The monoisotopic (exact) mass is 177 g/mol. The second-order valence-corrected chi connectivity index (χ2v) is 2.82. The summed E-state index contributed by atoms with van der Waals surface area (Å²) in [5.74, 6) is 0.0330. The zero-order valence-electron chi connectivity index (χ0n) is 7.73. The van der Waals surface area contributed by atoms with Gasteiger partial charge in [-0.2, -0.15) is 0 Å². The molecule has 0 unspecified atom stereocenters. The van der Waals surface area contributed by atoms with E-state index in [-0.39, 0.29) is 5.91 Å². The van der Waals surface area contributed by atoms with Crippen LogP contribution in [0.2, 0.25) is 0 Å². The fourth-order valence-corrected chi connectivity index (χ4v) is 1.01. The average Bonchev–Trinajstić information content (AvgIpc) is 2.18. The van der Waals surface area contributed by atoms with Crippen LogP contribution >= 0.6 is 0 Å². The van der Waals surface area contributed by atoms with E-state index in [2.05, 4.69) is 11.9 Å². The van der Waals surface area contributed by atoms with E-state index in [4.69, 9.17) is 0 Å². The Hall–Kier alpha value is -1.38. The van der Waals surface area contributed by atoms with Crippen LogP contribution in [0.4, 0.5) is 0 Å². The van der Waals surface area contributed by atoms with Crippen LogP contribution in [-0.2, 0) is 11.3 Å². The van der Waals surface area contributed by atoms with Crippen molar-refractivity contribution >= 4 is 5.91 Å². The van der Waals surface area contributed by atoms with Crippen LogP contribution in [0.5, 0.6) is 0 Å². The summed E-state index contributed by atoms with van der Waals surface area (Å²) in [5, 5.41) is 0. The summed E-state index contributed by atoms with van der Waals surface area (Å²) in [6.45, 7) is 4.09. The third kappa shape index (κ3) is 2.86. The molecule has 0 aromatic carbocycles. The molecule has 0 fully saturated rings. The SMILES string of the molecule is [CH2]CC(=O)N(C)Cc1ccccn1. The molecule has 0 spiro atoms. The first-order valence-corrected chi connectivity index (χ1v) is 4.17. The van der Waals surface area contributed by atoms with Crippen molar-refractivity contribution in [3.63, 3.8) is 0 Å². The predicted molar refractivity (Wildman–Crippen MR) is 50.7 cm³/mol. The highest BCUT2D eigenvalue weighted by Gasteiger charge is 2.05. The maximum absolute atomic E-state index is 11.2. The zero-order chi connectivity index (χ0) is 9.68. The van der Waals surface area contributed by atoms with Gasteiger partial charge in [0.15, 0.2) is 0 Å². The second kappa shape index (κ2) is 4.60. The summed E-state index contributed by atoms with van der Waals surface area (Å²) in [7, 11) is 1.75. The van der Waals surface area contributed by atoms with Gasteiger partial charge >= 0.3 is 0 Å². The number of hydrogen-bond donors (Lipinski definition) is 0. The van der Waals surface area contributed by atoms with Gasteiger partial charge in [-0.25, -0.2) is 0 Å². The number of aromatic nitrogens is 1. The van der Waals surface area contributed by atoms with Gasteiger partial charge in [-0.15, -0.1) is 0 Å². The topological polar surface area (TPSA) is 33.2 Å². The number of rotatable bonds is 3. The molecule has 0 aliphatic carbocycles. The second-order valence-electron chi connectivity index (χ2n) is 2.82. The van der Waals surface area contributed by atoms with Crippen molar-refractivity contribution in [2.75, 3.05) is 7.05 Å². The number of carbonyl (C=O) groups is 1. The zero-order valence-corrected chi connectivity index (χ0v) is 7.73. The third-order valence-corrected chi connectivity index (χ3v) is 1.76. The Bertz CT molecular complexity index is 272. The van der Waals surface area contributed by atoms with Crippen molar-refractivity contribution in [3.8, 4) is 0 Å². The minimum atomic E-state index is 0.0330. The smallest absolute Gasteiger partial charge is 0.222 e. The lowest BCUT2D eigenvalue weighted by Gasteiger charge is -2.15. The van der Waals surface area contributed by atoms with Gasteiger partial charge in [0.2, 0.25) is 5.91 Å². The van der Waals surface area contributed by atoms with Crippen LogP contribution in [0.3, 0.4) is 0 Å². The summed E-state index contributed by atoms with van der Waals surface area (Å²) < 4.78 is 0. The predicted octanol–water partition coefficient (Wildman–Crippen LogP) is 1.26. The van der Waals surface area contributed by atoms with E-state index in [9.17, 15) is 4.79 Å². The molecule has 0 aliphatic rings. The van der Waals surface area contributed by atoms with Gasteiger partial charge < -0.3 is 4.90 Å². The Kier molecular flexibility index (Phi) is 3.43. The van der Waals surface area contributed by atoms with Gasteiger partial charge in [-0.1, -0.05) is 6.07 Å². The van der Waals surface area contributed by atoms with Crippen LogP contribution in [0.15, 0.2) is 24.4 Å². The summed E-state index contributed by atoms with van der Waals surface area (Å²) in [4.78, 5) is 16.9. The Balaban J connectivity index is 2.55. The molecule has 0 N–H and O–H groups in total. The van der Waals surface area contributed by atoms with Crippen LogP contribution < -0.4 is 0 Å². The van der Waals surface area contributed by atoms with E-state index in [1.165, 1.54) is 0 Å². The van der Waals surface area contributed by atoms with Crippen LogP contribution in [-0.4, -0.2) is 22.8 Å². The highest BCUT2D eigenvalue weighted by Crippen LogP contribution is 1.99. The van der Waals surface area contributed by atoms with Crippen LogP contribution in [0, 0.1) is 6.92 Å². The van der Waals surface area contributed by atoms with Crippen molar-refractivity contribution in [1.29, 1.82) is 0 Å². The Morgan fingerprint density at radius 3 is 2.92 bits per heavy atom. The average molecular weight is 177 g/mol. The van der Waals surface area contributed by atoms with E-state index in [1.807, 2.05) is 18.2 Å². The molecule has 3 heteroatoms. The standard InChI is InChI=1S/C10H13N2O/c1-3-10(13)12(2)8-9-6-4-5-7-11-9/h4-7H,1,3,8H2,2H3. The number of amides is 1. The molecule has 69 valence electrons. The highest BCUT2D eigenvalue weighted by molar-refractivity contribution is 5.76. The number of pyridine rings is 1. The maximum Gasteiger partial charge on any atom is 0.222 e. The first-order chi connectivity index (χ1) is 6.24. The van der Waals surface area contributed by atoms with E-state index in [1.54, 1.807) is 18.1 Å². The maximum atomic E-state index is 11.2. The van der Waals surface area contributed by atoms with E-state index in [0.29, 0.717) is 13.0 Å². The summed E-state index contributed by atoms with van der Waals surface area (Å²) in [6.07, 6.45) is 2.02. The first-order valence-electron chi connectivity index (χ1n) is 4.17. The largest absolute Gasteiger partial charge is 0.340 e. The van der Waals surface area contributed by atoms with Crippen LogP contribution in [0.1, 0.15) is 12.1 Å². The van der Waals surface area contributed by atoms with Gasteiger partial charge in [0.1, 0.15) is 0 Å². The van der Waals surface area contributed by atoms with E-state index >= 15 is 0 Å². The molecule has 13 heavy (non-hydrogen) atoms. The molecule has 1 heterocycles. The van der Waals surface area contributed by atoms with Gasteiger partial charge in [-0.3, -0.25) is 9.78 Å². The molecule has 1 rings (SSSR count). The van der Waals surface area contributed by atoms with Crippen molar-refractivity contribution in [1.82, 2.24) is 9.88 Å². The lowest BCUT2D eigenvalue weighted by Crippen LogP contribution is -2.25. The van der Waals surface area contributed by atoms with Crippen molar-refractivity contribution in [2.45, 2.75) is 13.0 Å². The lowest BCUT2D eigenvalue weighted by atomic mass is 10.3. The molecule has 1 amide bonds. The molecular formula is C10H13N2O. The summed E-state index contributed by atoms with van der Waals surface area (Å²) >= 11 is 0. The molecular weight excluding hydrogens is 164 g/mol. The molecule has 0 saturated heterocycles. The van der Waals surface area contributed by atoms with Crippen molar-refractivity contribution in [2.24, 2.45) is 0 Å². The number of hydrogen-bond acceptors (Lipinski definition) is 2. The summed E-state index contributed by atoms with van der Waals surface area (Å²) in [5.41, 5.74) is 0.895. The Labute approximate surface area is 78.4 Å². The molecule has 1 aromatic rings. The molecule has 0 bridgehead atoms. The quantitative estimate of drug-likeness (QED) is 0.696. The minimum absolute atomic E-state index is 0.0330. The van der Waals surface area contributed by atoms with Gasteiger partial charge in [0.05, 0.1) is 12.2 Å². The number of nitrogens with zero attached hydrogens (tertiary/aromatic N) is 2. The Morgan fingerprint density at radius 1 is 1.62 bits per heavy atom. The van der Waals surface area contributed by atoms with Crippen LogP contribution in [0.25, 0.3) is 0 Å². The normalized spacial score (nSPS) is 9.69. The number of carbonyl (C=O) groups excluding carboxylic acids is 1. The molecule has 1 aromatic heterocycles. The highest BCUT2D eigenvalue weighted by atomic mass is 16.2. The third-order valence-electron chi connectivity index (χ3n) is 1.76. The molecule has 0 atom stereocenters. The Morgan fingerprint density at radius 2 is 2.38 bits per heavy atom. The minimum Gasteiger partial charge on any atom is -0.340 e.